The number of carbonyl (C=O) groups is 2. The van der Waals surface area contributed by atoms with Gasteiger partial charge in [-0.15, -0.1) is 0 Å². The molecule has 0 spiro atoms. The van der Waals surface area contributed by atoms with Crippen molar-refractivity contribution in [2.45, 2.75) is 47.3 Å². The van der Waals surface area contributed by atoms with E-state index in [0.29, 0.717) is 23.1 Å². The molecule has 14 heteroatoms. The molecule has 1 aliphatic rings. The molecule has 0 radical (unpaired) electrons. The Labute approximate surface area is 317 Å². The first-order chi connectivity index (χ1) is 26.0. The van der Waals surface area contributed by atoms with E-state index in [1.807, 2.05) is 42.5 Å². The average molecular weight is 791 g/mol. The van der Waals surface area contributed by atoms with Crippen LogP contribution in [0.15, 0.2) is 137 Å². The van der Waals surface area contributed by atoms with Gasteiger partial charge in [-0.3, -0.25) is 4.79 Å². The zero-order valence-electron chi connectivity index (χ0n) is 29.6. The lowest BCUT2D eigenvalue weighted by molar-refractivity contribution is -0.142. The molecule has 0 aromatic heterocycles. The van der Waals surface area contributed by atoms with E-state index in [0.717, 1.165) is 38.7 Å². The molecule has 1 fully saturated rings. The third kappa shape index (κ3) is 8.82. The van der Waals surface area contributed by atoms with E-state index >= 15 is 0 Å². The van der Waals surface area contributed by atoms with Gasteiger partial charge in [-0.05, 0) is 77.1 Å². The van der Waals surface area contributed by atoms with E-state index in [1.54, 1.807) is 24.3 Å². The Morgan fingerprint density at radius 2 is 1.25 bits per heavy atom. The standard InChI is InChI=1S/C41H37F3N2O7S2/c1-54(50,51)37-11-5-6-12-38(37)55(52,53)46-25-7-10-35(46)27-45(36(40(48)49)26-28-13-15-30(16-14-28)29-8-3-2-4-9-29)39(47)33-19-17-31(18-20-33)32-21-23-34(24-22-32)41(42,43)44/h2-6,8-9,11-24,35-36H,7,10,25-27H2,1H3,(H,48,49). The smallest absolute Gasteiger partial charge is 0.416 e. The molecule has 55 heavy (non-hydrogen) atoms. The van der Waals surface area contributed by atoms with Gasteiger partial charge in [0.25, 0.3) is 5.91 Å². The van der Waals surface area contributed by atoms with Gasteiger partial charge in [-0.25, -0.2) is 21.6 Å². The molecule has 0 aliphatic carbocycles. The highest BCUT2D eigenvalue weighted by atomic mass is 32.2. The first-order valence-electron chi connectivity index (χ1n) is 17.3. The number of carboxylic acids is 1. The lowest BCUT2D eigenvalue weighted by Crippen LogP contribution is -2.52. The van der Waals surface area contributed by atoms with Gasteiger partial charge in [-0.1, -0.05) is 91.0 Å². The predicted molar refractivity (Wildman–Crippen MR) is 201 cm³/mol. The van der Waals surface area contributed by atoms with Crippen LogP contribution >= 0.6 is 0 Å². The largest absolute Gasteiger partial charge is 0.480 e. The quantitative estimate of drug-likeness (QED) is 0.139. The van der Waals surface area contributed by atoms with Gasteiger partial charge in [0.05, 0.1) is 10.5 Å². The topological polar surface area (TPSA) is 129 Å². The molecule has 2 unspecified atom stereocenters. The van der Waals surface area contributed by atoms with E-state index in [4.69, 9.17) is 0 Å². The summed E-state index contributed by atoms with van der Waals surface area (Å²) in [7, 11) is -8.37. The normalized spacial score (nSPS) is 15.7. The maximum Gasteiger partial charge on any atom is 0.416 e. The van der Waals surface area contributed by atoms with Crippen LogP contribution in [-0.2, 0) is 37.3 Å². The number of sulfonamides is 1. The van der Waals surface area contributed by atoms with Gasteiger partial charge >= 0.3 is 12.1 Å². The minimum Gasteiger partial charge on any atom is -0.480 e. The molecule has 6 rings (SSSR count). The monoisotopic (exact) mass is 790 g/mol. The maximum atomic E-state index is 14.4. The average Bonchev–Trinajstić information content (AvgIpc) is 3.65. The number of nitrogens with zero attached hydrogens (tertiary/aromatic N) is 2. The van der Waals surface area contributed by atoms with Crippen LogP contribution < -0.4 is 0 Å². The number of halogens is 3. The Hall–Kier alpha value is -5.31. The van der Waals surface area contributed by atoms with Crippen molar-refractivity contribution in [3.63, 3.8) is 0 Å². The van der Waals surface area contributed by atoms with Crippen LogP contribution in [0.3, 0.4) is 0 Å². The van der Waals surface area contributed by atoms with Gasteiger partial charge < -0.3 is 10.0 Å². The van der Waals surface area contributed by atoms with Crippen LogP contribution in [0.2, 0.25) is 0 Å². The summed E-state index contributed by atoms with van der Waals surface area (Å²) in [6.07, 6.45) is -3.05. The highest BCUT2D eigenvalue weighted by Gasteiger charge is 2.41. The summed E-state index contributed by atoms with van der Waals surface area (Å²) in [4.78, 5) is 27.8. The fraction of sp³-hybridized carbons (Fsp3) is 0.220. The predicted octanol–water partition coefficient (Wildman–Crippen LogP) is 7.43. The second kappa shape index (κ2) is 15.8. The number of hydrogen-bond acceptors (Lipinski definition) is 6. The molecule has 2 atom stereocenters. The van der Waals surface area contributed by atoms with Crippen LogP contribution in [0.25, 0.3) is 22.3 Å². The van der Waals surface area contributed by atoms with E-state index in [1.165, 1.54) is 48.5 Å². The SMILES string of the molecule is CS(=O)(=O)c1ccccc1S(=O)(=O)N1CCCC1CN(C(=O)c1ccc(-c2ccc(C(F)(F)F)cc2)cc1)C(Cc1ccc(-c2ccccc2)cc1)C(=O)O. The fourth-order valence-corrected chi connectivity index (χ4v) is 10.1. The molecule has 1 N–H and O–H groups in total. The van der Waals surface area contributed by atoms with Gasteiger partial charge in [-0.2, -0.15) is 17.5 Å². The van der Waals surface area contributed by atoms with Crippen LogP contribution in [0.5, 0.6) is 0 Å². The molecule has 1 aliphatic heterocycles. The summed E-state index contributed by atoms with van der Waals surface area (Å²) >= 11 is 0. The highest BCUT2D eigenvalue weighted by molar-refractivity contribution is 7.93. The van der Waals surface area contributed by atoms with Crippen LogP contribution in [0.4, 0.5) is 13.2 Å². The van der Waals surface area contributed by atoms with Gasteiger partial charge in [0, 0.05) is 37.4 Å². The van der Waals surface area contributed by atoms with Crippen LogP contribution in [0.1, 0.15) is 34.3 Å². The molecule has 1 heterocycles. The molecular formula is C41H37F3N2O7S2. The van der Waals surface area contributed by atoms with Gasteiger partial charge in [0.1, 0.15) is 10.9 Å². The summed E-state index contributed by atoms with van der Waals surface area (Å²) in [6.45, 7) is -0.299. The van der Waals surface area contributed by atoms with Crippen molar-refractivity contribution in [1.82, 2.24) is 9.21 Å². The number of aliphatic carboxylic acids is 1. The minimum atomic E-state index is -4.51. The van der Waals surface area contributed by atoms with Crippen molar-refractivity contribution < 1.29 is 44.7 Å². The van der Waals surface area contributed by atoms with Crippen molar-refractivity contribution in [2.75, 3.05) is 19.3 Å². The summed E-state index contributed by atoms with van der Waals surface area (Å²) in [6, 6.07) is 30.2. The van der Waals surface area contributed by atoms with E-state index in [9.17, 15) is 44.7 Å². The molecular weight excluding hydrogens is 754 g/mol. The molecule has 1 amide bonds. The first-order valence-corrected chi connectivity index (χ1v) is 20.6. The summed E-state index contributed by atoms with van der Waals surface area (Å²) < 4.78 is 93.9. The Kier molecular flexibility index (Phi) is 11.3. The number of hydrogen-bond donors (Lipinski definition) is 1. The Morgan fingerprint density at radius 3 is 1.80 bits per heavy atom. The number of amides is 1. The molecule has 286 valence electrons. The van der Waals surface area contributed by atoms with Gasteiger partial charge in [0.15, 0.2) is 9.84 Å². The molecule has 0 bridgehead atoms. The van der Waals surface area contributed by atoms with Crippen molar-refractivity contribution >= 4 is 31.7 Å². The number of benzene rings is 5. The first kappa shape index (κ1) is 39.4. The number of rotatable bonds is 12. The van der Waals surface area contributed by atoms with Crippen LogP contribution in [-0.4, -0.2) is 74.5 Å². The third-order valence-corrected chi connectivity index (χ3v) is 12.9. The number of carboxylic acid groups (broad SMARTS) is 1. The van der Waals surface area contributed by atoms with Gasteiger partial charge in [0.2, 0.25) is 10.0 Å². The van der Waals surface area contributed by atoms with E-state index < -0.39 is 60.5 Å². The Bertz CT molecular complexity index is 2390. The maximum absolute atomic E-state index is 14.4. The van der Waals surface area contributed by atoms with Crippen molar-refractivity contribution in [2.24, 2.45) is 0 Å². The van der Waals surface area contributed by atoms with Crippen molar-refractivity contribution in [3.05, 3.63) is 144 Å². The zero-order chi connectivity index (χ0) is 39.5. The zero-order valence-corrected chi connectivity index (χ0v) is 31.2. The van der Waals surface area contributed by atoms with Crippen molar-refractivity contribution in [1.29, 1.82) is 0 Å². The fourth-order valence-electron chi connectivity index (χ4n) is 6.82. The summed E-state index contributed by atoms with van der Waals surface area (Å²) in [5.41, 5.74) is 2.72. The number of carbonyl (C=O) groups excluding carboxylic acids is 1. The summed E-state index contributed by atoms with van der Waals surface area (Å²) in [5, 5.41) is 10.6. The molecule has 5 aromatic rings. The Morgan fingerprint density at radius 1 is 0.745 bits per heavy atom. The third-order valence-electron chi connectivity index (χ3n) is 9.66. The minimum absolute atomic E-state index is 0.0215. The highest BCUT2D eigenvalue weighted by Crippen LogP contribution is 2.33. The summed E-state index contributed by atoms with van der Waals surface area (Å²) in [5.74, 6) is -2.02. The molecule has 1 saturated heterocycles. The lowest BCUT2D eigenvalue weighted by atomic mass is 9.98. The van der Waals surface area contributed by atoms with E-state index in [2.05, 4.69) is 0 Å². The van der Waals surface area contributed by atoms with Crippen molar-refractivity contribution in [3.8, 4) is 22.3 Å². The molecule has 9 nitrogen and oxygen atoms in total. The number of sulfone groups is 1. The second-order valence-corrected chi connectivity index (χ2v) is 17.2. The molecule has 0 saturated carbocycles. The van der Waals surface area contributed by atoms with Crippen LogP contribution in [0, 0.1) is 0 Å². The lowest BCUT2D eigenvalue weighted by Gasteiger charge is -2.34. The second-order valence-electron chi connectivity index (χ2n) is 13.4. The number of alkyl halides is 3. The Balaban J connectivity index is 1.34. The van der Waals surface area contributed by atoms with E-state index in [-0.39, 0.29) is 36.4 Å². The molecule has 5 aromatic carbocycles.